The molecule has 0 aliphatic carbocycles. The molecule has 0 spiro atoms. The first-order chi connectivity index (χ1) is 9.12. The number of carbonyl (C=O) groups is 1. The molecule has 0 aliphatic rings. The molecule has 0 heterocycles. The average molecular weight is 270 g/mol. The highest BCUT2D eigenvalue weighted by Crippen LogP contribution is 1.97. The molecule has 0 atom stereocenters. The number of benzene rings is 1. The molecular weight excluding hydrogens is 248 g/mol. The van der Waals surface area contributed by atoms with Gasteiger partial charge in [0, 0.05) is 6.92 Å². The van der Waals surface area contributed by atoms with E-state index in [0.29, 0.717) is 0 Å². The van der Waals surface area contributed by atoms with Gasteiger partial charge in [-0.1, -0.05) is 43.0 Å². The predicted octanol–water partition coefficient (Wildman–Crippen LogP) is 0.842. The maximum absolute atomic E-state index is 9.87. The third-order valence-electron chi connectivity index (χ3n) is 1.53. The third-order valence-corrected chi connectivity index (χ3v) is 1.53. The lowest BCUT2D eigenvalue weighted by Gasteiger charge is -1.93. The molecule has 0 aliphatic heterocycles. The molecule has 1 aromatic rings. The molecule has 3 N–H and O–H groups in total. The van der Waals surface area contributed by atoms with Crippen LogP contribution in [0.1, 0.15) is 12.5 Å². The predicted molar refractivity (Wildman–Crippen MR) is 74.4 cm³/mol. The largest absolute Gasteiger partial charge is 0.463 e. The van der Waals surface area contributed by atoms with Gasteiger partial charge in [0.25, 0.3) is 0 Å². The Morgan fingerprint density at radius 2 is 1.68 bits per heavy atom. The average Bonchev–Trinajstić information content (AvgIpc) is 2.46. The molecule has 0 aromatic heterocycles. The van der Waals surface area contributed by atoms with E-state index < -0.39 is 0 Å². The molecule has 108 valence electrons. The van der Waals surface area contributed by atoms with Crippen molar-refractivity contribution in [2.45, 2.75) is 6.92 Å². The second kappa shape index (κ2) is 16.3. The normalized spacial score (nSPS) is 8.21. The summed E-state index contributed by atoms with van der Waals surface area (Å²) in [5, 5.41) is 23.3. The van der Waals surface area contributed by atoms with Crippen LogP contribution in [0.4, 0.5) is 0 Å². The molecule has 1 aromatic carbocycles. The molecule has 0 fully saturated rings. The van der Waals surface area contributed by atoms with Crippen molar-refractivity contribution in [1.82, 2.24) is 0 Å². The summed E-state index contributed by atoms with van der Waals surface area (Å²) < 4.78 is 4.30. The Labute approximate surface area is 113 Å². The van der Waals surface area contributed by atoms with Gasteiger partial charge in [0.1, 0.15) is 6.61 Å². The van der Waals surface area contributed by atoms with Crippen LogP contribution in [-0.2, 0) is 9.53 Å². The fourth-order valence-corrected chi connectivity index (χ4v) is 0.778. The van der Waals surface area contributed by atoms with Crippen LogP contribution in [-0.4, -0.2) is 47.7 Å². The Bertz CT molecular complexity index is 309. The number of aliphatic hydroxyl groups excluding tert-OH is 3. The molecule has 5 heteroatoms. The number of aliphatic hydroxyl groups is 3. The number of hydrogen-bond acceptors (Lipinski definition) is 5. The standard InChI is InChI=1S/C8H8.C4H8O3.C2H6O2/c1-2-8-6-4-3-5-7-8;1-4(6)7-3-2-5;3-1-2-4/h2-7H,1H2;5H,2-3H2,1H3;3-4H,1-2H2. The second-order valence-corrected chi connectivity index (χ2v) is 3.13. The Kier molecular flexibility index (Phi) is 16.9. The van der Waals surface area contributed by atoms with E-state index in [0.717, 1.165) is 0 Å². The van der Waals surface area contributed by atoms with Gasteiger partial charge in [-0.2, -0.15) is 0 Å². The third kappa shape index (κ3) is 18.9. The Balaban J connectivity index is 0. The summed E-state index contributed by atoms with van der Waals surface area (Å²) in [6.45, 7) is 4.69. The van der Waals surface area contributed by atoms with Crippen LogP contribution in [0.15, 0.2) is 36.9 Å². The summed E-state index contributed by atoms with van der Waals surface area (Å²) in [5.74, 6) is -0.353. The van der Waals surface area contributed by atoms with E-state index in [-0.39, 0.29) is 32.4 Å². The fourth-order valence-electron chi connectivity index (χ4n) is 0.778. The lowest BCUT2D eigenvalue weighted by Crippen LogP contribution is -2.03. The van der Waals surface area contributed by atoms with Gasteiger partial charge in [0.2, 0.25) is 0 Å². The van der Waals surface area contributed by atoms with Gasteiger partial charge < -0.3 is 20.1 Å². The van der Waals surface area contributed by atoms with Crippen molar-refractivity contribution in [2.24, 2.45) is 0 Å². The molecule has 0 unspecified atom stereocenters. The van der Waals surface area contributed by atoms with Crippen molar-refractivity contribution in [3.8, 4) is 0 Å². The van der Waals surface area contributed by atoms with Gasteiger partial charge in [0.15, 0.2) is 0 Å². The van der Waals surface area contributed by atoms with E-state index in [1.54, 1.807) is 0 Å². The summed E-state index contributed by atoms with van der Waals surface area (Å²) in [6, 6.07) is 10.0. The van der Waals surface area contributed by atoms with Crippen molar-refractivity contribution >= 4 is 12.0 Å². The van der Waals surface area contributed by atoms with E-state index in [2.05, 4.69) is 11.3 Å². The fraction of sp³-hybridized carbons (Fsp3) is 0.357. The topological polar surface area (TPSA) is 87.0 Å². The first-order valence-corrected chi connectivity index (χ1v) is 5.75. The van der Waals surface area contributed by atoms with Crippen LogP contribution in [0.3, 0.4) is 0 Å². The molecule has 0 saturated heterocycles. The smallest absolute Gasteiger partial charge is 0.302 e. The number of carbonyl (C=O) groups excluding carboxylic acids is 1. The van der Waals surface area contributed by atoms with Crippen LogP contribution < -0.4 is 0 Å². The van der Waals surface area contributed by atoms with Gasteiger partial charge in [-0.25, -0.2) is 0 Å². The SMILES string of the molecule is C=Cc1ccccc1.CC(=O)OCCO.OCCO. The monoisotopic (exact) mass is 270 g/mol. The zero-order valence-electron chi connectivity index (χ0n) is 11.2. The quantitative estimate of drug-likeness (QED) is 0.706. The molecule has 5 nitrogen and oxygen atoms in total. The number of rotatable bonds is 4. The van der Waals surface area contributed by atoms with Crippen LogP contribution in [0, 0.1) is 0 Å². The van der Waals surface area contributed by atoms with Crippen molar-refractivity contribution in [2.75, 3.05) is 26.4 Å². The van der Waals surface area contributed by atoms with E-state index in [4.69, 9.17) is 15.3 Å². The summed E-state index contributed by atoms with van der Waals surface area (Å²) in [6.07, 6.45) is 1.83. The van der Waals surface area contributed by atoms with Crippen LogP contribution in [0.2, 0.25) is 0 Å². The van der Waals surface area contributed by atoms with Gasteiger partial charge in [-0.3, -0.25) is 4.79 Å². The highest BCUT2D eigenvalue weighted by Gasteiger charge is 1.86. The van der Waals surface area contributed by atoms with Crippen molar-refractivity contribution in [3.05, 3.63) is 42.5 Å². The van der Waals surface area contributed by atoms with E-state index >= 15 is 0 Å². The van der Waals surface area contributed by atoms with Crippen molar-refractivity contribution in [1.29, 1.82) is 0 Å². The van der Waals surface area contributed by atoms with E-state index in [9.17, 15) is 4.79 Å². The van der Waals surface area contributed by atoms with Crippen molar-refractivity contribution in [3.63, 3.8) is 0 Å². The first kappa shape index (κ1) is 19.6. The maximum atomic E-state index is 9.87. The van der Waals surface area contributed by atoms with Crippen LogP contribution >= 0.6 is 0 Å². The van der Waals surface area contributed by atoms with Gasteiger partial charge in [-0.05, 0) is 5.56 Å². The minimum Gasteiger partial charge on any atom is -0.463 e. The lowest BCUT2D eigenvalue weighted by molar-refractivity contribution is -0.141. The highest BCUT2D eigenvalue weighted by atomic mass is 16.5. The van der Waals surface area contributed by atoms with E-state index in [1.807, 2.05) is 36.4 Å². The summed E-state index contributed by atoms with van der Waals surface area (Å²) >= 11 is 0. The molecule has 19 heavy (non-hydrogen) atoms. The minimum absolute atomic E-state index is 0.0976. The van der Waals surface area contributed by atoms with Gasteiger partial charge in [-0.15, -0.1) is 0 Å². The Morgan fingerprint density at radius 3 is 1.89 bits per heavy atom. The zero-order valence-corrected chi connectivity index (χ0v) is 11.2. The number of esters is 1. The number of hydrogen-bond donors (Lipinski definition) is 3. The lowest BCUT2D eigenvalue weighted by atomic mass is 10.2. The number of ether oxygens (including phenoxy) is 1. The minimum atomic E-state index is -0.353. The molecule has 0 radical (unpaired) electrons. The van der Waals surface area contributed by atoms with Crippen LogP contribution in [0.5, 0.6) is 0 Å². The second-order valence-electron chi connectivity index (χ2n) is 3.13. The Hall–Kier alpha value is -1.69. The van der Waals surface area contributed by atoms with Gasteiger partial charge in [0.05, 0.1) is 19.8 Å². The molecule has 0 bridgehead atoms. The first-order valence-electron chi connectivity index (χ1n) is 5.75. The van der Waals surface area contributed by atoms with Crippen molar-refractivity contribution < 1.29 is 24.9 Å². The molecule has 0 saturated carbocycles. The molecular formula is C14H22O5. The summed E-state index contributed by atoms with van der Waals surface area (Å²) in [4.78, 5) is 9.87. The molecule has 1 rings (SSSR count). The summed E-state index contributed by atoms with van der Waals surface area (Å²) in [5.41, 5.74) is 1.17. The zero-order chi connectivity index (χ0) is 14.9. The summed E-state index contributed by atoms with van der Waals surface area (Å²) in [7, 11) is 0. The molecule has 0 amide bonds. The van der Waals surface area contributed by atoms with E-state index in [1.165, 1.54) is 12.5 Å². The van der Waals surface area contributed by atoms with Crippen LogP contribution in [0.25, 0.3) is 6.08 Å². The Morgan fingerprint density at radius 1 is 1.16 bits per heavy atom. The highest BCUT2D eigenvalue weighted by molar-refractivity contribution is 5.65. The maximum Gasteiger partial charge on any atom is 0.302 e. The van der Waals surface area contributed by atoms with Gasteiger partial charge >= 0.3 is 5.97 Å².